The molecule has 0 radical (unpaired) electrons. The van der Waals surface area contributed by atoms with Crippen LogP contribution in [0.4, 0.5) is 5.95 Å². The van der Waals surface area contributed by atoms with Crippen LogP contribution in [-0.2, 0) is 24.2 Å². The van der Waals surface area contributed by atoms with Crippen LogP contribution in [0.25, 0.3) is 16.7 Å². The first-order chi connectivity index (χ1) is 22.5. The maximum absolute atomic E-state index is 13.3. The predicted molar refractivity (Wildman–Crippen MR) is 181 cm³/mol. The Labute approximate surface area is 277 Å². The zero-order chi connectivity index (χ0) is 33.6. The van der Waals surface area contributed by atoms with E-state index in [1.807, 2.05) is 59.8 Å². The topological polar surface area (TPSA) is 159 Å². The number of nitrogens with one attached hydrogen (secondary N) is 1. The maximum Gasteiger partial charge on any atom is 0.323 e. The molecule has 0 unspecified atom stereocenters. The lowest BCUT2D eigenvalue weighted by molar-refractivity contribution is -0.155. The van der Waals surface area contributed by atoms with Gasteiger partial charge < -0.3 is 30.0 Å². The van der Waals surface area contributed by atoms with E-state index in [0.717, 1.165) is 43.0 Å². The summed E-state index contributed by atoms with van der Waals surface area (Å²) in [5.41, 5.74) is 6.95. The quantitative estimate of drug-likeness (QED) is 0.201. The van der Waals surface area contributed by atoms with Crippen molar-refractivity contribution in [3.05, 3.63) is 42.7 Å². The summed E-state index contributed by atoms with van der Waals surface area (Å²) in [5, 5.41) is 4.40. The van der Waals surface area contributed by atoms with E-state index in [0.29, 0.717) is 56.5 Å². The molecule has 1 aliphatic heterocycles. The number of nitrogens with zero attached hydrogens (tertiary/aromatic N) is 4. The van der Waals surface area contributed by atoms with E-state index in [2.05, 4.69) is 10.3 Å². The Bertz CT molecular complexity index is 1630. The van der Waals surface area contributed by atoms with Gasteiger partial charge in [0.25, 0.3) is 0 Å². The van der Waals surface area contributed by atoms with E-state index in [1.165, 1.54) is 6.26 Å². The van der Waals surface area contributed by atoms with E-state index < -0.39 is 15.9 Å². The smallest absolute Gasteiger partial charge is 0.323 e. The molecule has 3 heterocycles. The number of benzene rings is 1. The van der Waals surface area contributed by atoms with Gasteiger partial charge in [0, 0.05) is 61.9 Å². The monoisotopic (exact) mass is 668 g/mol. The number of likely N-dealkylation sites (tertiary alicyclic amines) is 1. The average Bonchev–Trinajstić information content (AvgIpc) is 3.51. The molecule has 2 fully saturated rings. The molecular formula is C34H48N6O6S. The SMILES string of the molecule is CC[C@@H](C)[C@@H](N)C(=O)OC1CCN(C(=O)C2CCC(Nc3nccc(-n4ccc5c(OCCCS(C)(=O)=O)cccc54)n3)CC2)CC1. The molecule has 256 valence electrons. The fourth-order valence-electron chi connectivity index (χ4n) is 6.37. The lowest BCUT2D eigenvalue weighted by atomic mass is 9.85. The van der Waals surface area contributed by atoms with Crippen LogP contribution in [0.1, 0.15) is 65.2 Å². The number of piperidine rings is 1. The molecule has 2 aliphatic rings. The number of rotatable bonds is 13. The molecule has 1 saturated heterocycles. The highest BCUT2D eigenvalue weighted by molar-refractivity contribution is 7.90. The van der Waals surface area contributed by atoms with Crippen molar-refractivity contribution in [1.29, 1.82) is 0 Å². The van der Waals surface area contributed by atoms with Crippen LogP contribution in [0.15, 0.2) is 42.7 Å². The molecule has 5 rings (SSSR count). The number of sulfone groups is 1. The third-order valence-corrected chi connectivity index (χ3v) is 10.5. The molecule has 2 aromatic heterocycles. The number of nitrogens with two attached hydrogens (primary N) is 1. The van der Waals surface area contributed by atoms with Gasteiger partial charge in [0.2, 0.25) is 11.9 Å². The summed E-state index contributed by atoms with van der Waals surface area (Å²) < 4.78 is 36.4. The minimum atomic E-state index is -3.03. The molecule has 1 aromatic carbocycles. The van der Waals surface area contributed by atoms with Gasteiger partial charge in [-0.25, -0.2) is 13.4 Å². The average molecular weight is 669 g/mol. The first-order valence-corrected chi connectivity index (χ1v) is 18.8. The minimum absolute atomic E-state index is 0.00717. The van der Waals surface area contributed by atoms with Gasteiger partial charge in [-0.3, -0.25) is 9.59 Å². The molecule has 0 spiro atoms. The van der Waals surface area contributed by atoms with Gasteiger partial charge in [0.1, 0.15) is 33.6 Å². The van der Waals surface area contributed by atoms with E-state index >= 15 is 0 Å². The standard InChI is InChI=1S/C34H48N6O6S/c1-4-23(2)31(35)33(42)46-26-14-18-39(19-15-26)32(41)24-9-11-25(12-10-24)37-34-36-17-13-30(38-34)40-20-16-27-28(40)7-5-8-29(27)45-21-6-22-47(3,43)44/h5,7-8,13,16-17,20,23-26,31H,4,6,9-12,14-15,18-19,21-22,35H2,1-3H3,(H,36,37,38)/t23-,24?,25?,31-/m1/s1. The Hall–Kier alpha value is -3.71. The number of carbonyl (C=O) groups excluding carboxylic acids is 2. The molecule has 1 amide bonds. The van der Waals surface area contributed by atoms with Gasteiger partial charge >= 0.3 is 5.97 Å². The van der Waals surface area contributed by atoms with Crippen LogP contribution < -0.4 is 15.8 Å². The highest BCUT2D eigenvalue weighted by Crippen LogP contribution is 2.31. The van der Waals surface area contributed by atoms with Gasteiger partial charge in [-0.2, -0.15) is 4.98 Å². The normalized spacial score (nSPS) is 20.5. The molecule has 13 heteroatoms. The Balaban J connectivity index is 1.10. The molecule has 0 bridgehead atoms. The second-order valence-corrected chi connectivity index (χ2v) is 15.3. The number of anilines is 1. The van der Waals surface area contributed by atoms with Gasteiger partial charge in [-0.1, -0.05) is 26.3 Å². The van der Waals surface area contributed by atoms with Crippen molar-refractivity contribution < 1.29 is 27.5 Å². The number of hydrogen-bond donors (Lipinski definition) is 2. The second kappa shape index (κ2) is 15.5. The maximum atomic E-state index is 13.3. The van der Waals surface area contributed by atoms with Crippen LogP contribution in [0, 0.1) is 11.8 Å². The largest absolute Gasteiger partial charge is 0.493 e. The highest BCUT2D eigenvalue weighted by atomic mass is 32.2. The number of fused-ring (bicyclic) bond motifs is 1. The van der Waals surface area contributed by atoms with Gasteiger partial charge in [-0.15, -0.1) is 0 Å². The molecule has 12 nitrogen and oxygen atoms in total. The second-order valence-electron chi connectivity index (χ2n) is 13.0. The van der Waals surface area contributed by atoms with E-state index in [9.17, 15) is 18.0 Å². The van der Waals surface area contributed by atoms with E-state index in [4.69, 9.17) is 20.2 Å². The number of aromatic nitrogens is 3. The summed E-state index contributed by atoms with van der Waals surface area (Å²) >= 11 is 0. The van der Waals surface area contributed by atoms with Crippen molar-refractivity contribution in [2.24, 2.45) is 17.6 Å². The van der Waals surface area contributed by atoms with E-state index in [-0.39, 0.29) is 41.6 Å². The number of ether oxygens (including phenoxy) is 2. The van der Waals surface area contributed by atoms with Crippen LogP contribution in [0.2, 0.25) is 0 Å². The lowest BCUT2D eigenvalue weighted by Gasteiger charge is -2.36. The molecule has 3 N–H and O–H groups in total. The van der Waals surface area contributed by atoms with E-state index in [1.54, 1.807) is 6.20 Å². The molecule has 1 saturated carbocycles. The van der Waals surface area contributed by atoms with Gasteiger partial charge in [-0.05, 0) is 62.3 Å². The summed E-state index contributed by atoms with van der Waals surface area (Å²) in [7, 11) is -3.03. The van der Waals surface area contributed by atoms with Crippen molar-refractivity contribution in [1.82, 2.24) is 19.4 Å². The number of amides is 1. The third kappa shape index (κ3) is 9.01. The van der Waals surface area contributed by atoms with Crippen LogP contribution in [-0.4, -0.2) is 89.6 Å². The molecule has 3 aromatic rings. The molecule has 47 heavy (non-hydrogen) atoms. The first-order valence-electron chi connectivity index (χ1n) is 16.8. The summed E-state index contributed by atoms with van der Waals surface area (Å²) in [6.45, 7) is 5.47. The predicted octanol–water partition coefficient (Wildman–Crippen LogP) is 4.11. The zero-order valence-corrected chi connectivity index (χ0v) is 28.5. The third-order valence-electron chi connectivity index (χ3n) is 9.47. The summed E-state index contributed by atoms with van der Waals surface area (Å²) in [4.78, 5) is 36.9. The molecule has 2 atom stereocenters. The van der Waals surface area contributed by atoms with Crippen molar-refractivity contribution >= 4 is 38.6 Å². The Morgan fingerprint density at radius 3 is 2.53 bits per heavy atom. The van der Waals surface area contributed by atoms with Crippen molar-refractivity contribution in [2.75, 3.05) is 37.0 Å². The number of esters is 1. The highest BCUT2D eigenvalue weighted by Gasteiger charge is 2.33. The molecule has 1 aliphatic carbocycles. The Kier molecular flexibility index (Phi) is 11.4. The lowest BCUT2D eigenvalue weighted by Crippen LogP contribution is -2.46. The van der Waals surface area contributed by atoms with Gasteiger partial charge in [0.15, 0.2) is 0 Å². The zero-order valence-electron chi connectivity index (χ0n) is 27.6. The summed E-state index contributed by atoms with van der Waals surface area (Å²) in [5.74, 6) is 1.96. The fraction of sp³-hybridized carbons (Fsp3) is 0.588. The van der Waals surface area contributed by atoms with Crippen molar-refractivity contribution in [3.8, 4) is 11.6 Å². The summed E-state index contributed by atoms with van der Waals surface area (Å²) in [6, 6.07) is 9.16. The van der Waals surface area contributed by atoms with Crippen LogP contribution >= 0.6 is 0 Å². The fourth-order valence-corrected chi connectivity index (χ4v) is 7.01. The van der Waals surface area contributed by atoms with Crippen molar-refractivity contribution in [2.45, 2.75) is 83.4 Å². The Morgan fingerprint density at radius 1 is 1.09 bits per heavy atom. The van der Waals surface area contributed by atoms with Crippen LogP contribution in [0.5, 0.6) is 5.75 Å². The summed E-state index contributed by atoms with van der Waals surface area (Å²) in [6.07, 6.45) is 10.5. The minimum Gasteiger partial charge on any atom is -0.493 e. The van der Waals surface area contributed by atoms with Crippen molar-refractivity contribution in [3.63, 3.8) is 0 Å². The Morgan fingerprint density at radius 2 is 1.83 bits per heavy atom. The first kappa shape index (κ1) is 34.6. The molecular weight excluding hydrogens is 620 g/mol. The van der Waals surface area contributed by atoms with Gasteiger partial charge in [0.05, 0.1) is 17.9 Å². The number of carbonyl (C=O) groups is 2. The van der Waals surface area contributed by atoms with Crippen LogP contribution in [0.3, 0.4) is 0 Å². The number of hydrogen-bond acceptors (Lipinski definition) is 10.